The maximum atomic E-state index is 12.3. The van der Waals surface area contributed by atoms with Gasteiger partial charge in [-0.25, -0.2) is 9.97 Å². The molecular weight excluding hydrogens is 318 g/mol. The van der Waals surface area contributed by atoms with Gasteiger partial charge >= 0.3 is 0 Å². The van der Waals surface area contributed by atoms with Gasteiger partial charge in [0.2, 0.25) is 11.8 Å². The molecule has 1 unspecified atom stereocenters. The summed E-state index contributed by atoms with van der Waals surface area (Å²) in [5.74, 6) is 1.29. The summed E-state index contributed by atoms with van der Waals surface area (Å²) in [7, 11) is 0. The summed E-state index contributed by atoms with van der Waals surface area (Å²) in [6.45, 7) is 11.3. The van der Waals surface area contributed by atoms with Gasteiger partial charge in [-0.3, -0.25) is 9.59 Å². The van der Waals surface area contributed by atoms with Crippen LogP contribution in [0.15, 0.2) is 18.7 Å². The van der Waals surface area contributed by atoms with Gasteiger partial charge in [0.25, 0.3) is 0 Å². The number of nitrogens with zero attached hydrogens (tertiary/aromatic N) is 4. The number of carbonyl (C=O) groups excluding carboxylic acids is 2. The van der Waals surface area contributed by atoms with Crippen LogP contribution in [0, 0.1) is 13.8 Å². The van der Waals surface area contributed by atoms with E-state index < -0.39 is 0 Å². The van der Waals surface area contributed by atoms with Crippen molar-refractivity contribution in [3.8, 4) is 0 Å². The maximum absolute atomic E-state index is 12.3. The lowest BCUT2D eigenvalue weighted by molar-refractivity contribution is -0.132. The Morgan fingerprint density at radius 1 is 1.44 bits per heavy atom. The van der Waals surface area contributed by atoms with E-state index in [4.69, 9.17) is 0 Å². The Morgan fingerprint density at radius 3 is 2.84 bits per heavy atom. The van der Waals surface area contributed by atoms with Gasteiger partial charge < -0.3 is 15.1 Å². The second-order valence-electron chi connectivity index (χ2n) is 6.32. The Labute approximate surface area is 149 Å². The van der Waals surface area contributed by atoms with Crippen molar-refractivity contribution in [2.45, 2.75) is 39.7 Å². The molecule has 1 fully saturated rings. The van der Waals surface area contributed by atoms with E-state index in [0.717, 1.165) is 36.7 Å². The number of hydrogen-bond donors (Lipinski definition) is 1. The zero-order valence-corrected chi connectivity index (χ0v) is 15.3. The molecule has 1 aliphatic rings. The van der Waals surface area contributed by atoms with Crippen molar-refractivity contribution in [3.63, 3.8) is 0 Å². The van der Waals surface area contributed by atoms with E-state index in [1.54, 1.807) is 0 Å². The first-order chi connectivity index (χ1) is 11.9. The Bertz CT molecular complexity index is 626. The van der Waals surface area contributed by atoms with Gasteiger partial charge in [0.05, 0.1) is 6.54 Å². The first-order valence-electron chi connectivity index (χ1n) is 8.70. The summed E-state index contributed by atoms with van der Waals surface area (Å²) in [4.78, 5) is 36.4. The molecule has 2 amide bonds. The van der Waals surface area contributed by atoms with Gasteiger partial charge in [-0.05, 0) is 39.7 Å². The van der Waals surface area contributed by atoms with Gasteiger partial charge in [-0.2, -0.15) is 0 Å². The van der Waals surface area contributed by atoms with E-state index in [2.05, 4.69) is 26.8 Å². The predicted molar refractivity (Wildman–Crippen MR) is 97.3 cm³/mol. The summed E-state index contributed by atoms with van der Waals surface area (Å²) in [5, 5.41) is 3.04. The fourth-order valence-electron chi connectivity index (χ4n) is 3.08. The zero-order valence-electron chi connectivity index (χ0n) is 15.3. The first kappa shape index (κ1) is 18.9. The molecule has 0 bridgehead atoms. The van der Waals surface area contributed by atoms with Crippen molar-refractivity contribution in [1.82, 2.24) is 20.2 Å². The van der Waals surface area contributed by atoms with Crippen LogP contribution in [0.3, 0.4) is 0 Å². The number of aromatic nitrogens is 2. The molecule has 2 heterocycles. The molecule has 7 heteroatoms. The minimum atomic E-state index is -0.227. The highest BCUT2D eigenvalue weighted by atomic mass is 16.2. The average molecular weight is 345 g/mol. The fraction of sp³-hybridized carbons (Fsp3) is 0.556. The van der Waals surface area contributed by atoms with Gasteiger partial charge in [0, 0.05) is 37.4 Å². The molecule has 0 saturated carbocycles. The van der Waals surface area contributed by atoms with Crippen molar-refractivity contribution < 1.29 is 9.59 Å². The SMILES string of the molecule is C=CC(=O)N(CC)CC(=O)NC1CCCN(c2cc(C)nc(C)n2)C1. The number of likely N-dealkylation sites (N-methyl/N-ethyl adjacent to an activating group) is 1. The third-order valence-corrected chi connectivity index (χ3v) is 4.27. The lowest BCUT2D eigenvalue weighted by atomic mass is 10.1. The molecule has 7 nitrogen and oxygen atoms in total. The maximum Gasteiger partial charge on any atom is 0.246 e. The Morgan fingerprint density at radius 2 is 2.20 bits per heavy atom. The molecule has 0 aromatic carbocycles. The molecular formula is C18H27N5O2. The molecule has 0 aliphatic carbocycles. The summed E-state index contributed by atoms with van der Waals surface area (Å²) < 4.78 is 0. The van der Waals surface area contributed by atoms with Gasteiger partial charge in [0.1, 0.15) is 11.6 Å². The lowest BCUT2D eigenvalue weighted by Gasteiger charge is -2.34. The van der Waals surface area contributed by atoms with E-state index in [9.17, 15) is 9.59 Å². The highest BCUT2D eigenvalue weighted by molar-refractivity contribution is 5.90. The molecule has 1 N–H and O–H groups in total. The van der Waals surface area contributed by atoms with Crippen LogP contribution in [0.25, 0.3) is 0 Å². The second kappa shape index (κ2) is 8.60. The largest absolute Gasteiger partial charge is 0.354 e. The molecule has 25 heavy (non-hydrogen) atoms. The Balaban J connectivity index is 1.95. The number of aryl methyl sites for hydroxylation is 2. The number of rotatable bonds is 6. The molecule has 136 valence electrons. The van der Waals surface area contributed by atoms with Gasteiger partial charge in [0.15, 0.2) is 0 Å². The number of anilines is 1. The third-order valence-electron chi connectivity index (χ3n) is 4.27. The summed E-state index contributed by atoms with van der Waals surface area (Å²) in [6, 6.07) is 2.02. The molecule has 1 atom stereocenters. The number of hydrogen-bond acceptors (Lipinski definition) is 5. The van der Waals surface area contributed by atoms with Crippen LogP contribution >= 0.6 is 0 Å². The molecule has 1 saturated heterocycles. The summed E-state index contributed by atoms with van der Waals surface area (Å²) in [5.41, 5.74) is 0.940. The number of carbonyl (C=O) groups is 2. The van der Waals surface area contributed by atoms with Gasteiger partial charge in [-0.15, -0.1) is 0 Å². The quantitative estimate of drug-likeness (QED) is 0.784. The molecule has 1 aromatic heterocycles. The highest BCUT2D eigenvalue weighted by Gasteiger charge is 2.23. The normalized spacial score (nSPS) is 17.1. The minimum absolute atomic E-state index is 0.0503. The zero-order chi connectivity index (χ0) is 18.4. The number of piperidine rings is 1. The topological polar surface area (TPSA) is 78.4 Å². The lowest BCUT2D eigenvalue weighted by Crippen LogP contribution is -2.50. The van der Waals surface area contributed by atoms with Crippen LogP contribution in [0.4, 0.5) is 5.82 Å². The van der Waals surface area contributed by atoms with Crippen LogP contribution < -0.4 is 10.2 Å². The van der Waals surface area contributed by atoms with Crippen molar-refractivity contribution >= 4 is 17.6 Å². The van der Waals surface area contributed by atoms with Crippen molar-refractivity contribution in [2.24, 2.45) is 0 Å². The Hall–Kier alpha value is -2.44. The highest BCUT2D eigenvalue weighted by Crippen LogP contribution is 2.18. The molecule has 0 radical (unpaired) electrons. The van der Waals surface area contributed by atoms with Gasteiger partial charge in [-0.1, -0.05) is 6.58 Å². The van der Waals surface area contributed by atoms with E-state index in [1.165, 1.54) is 11.0 Å². The van der Waals surface area contributed by atoms with Crippen LogP contribution in [-0.2, 0) is 9.59 Å². The Kier molecular flexibility index (Phi) is 6.50. The minimum Gasteiger partial charge on any atom is -0.354 e. The molecule has 1 aromatic rings. The van der Waals surface area contributed by atoms with E-state index in [1.807, 2.05) is 26.8 Å². The van der Waals surface area contributed by atoms with Crippen molar-refractivity contribution in [1.29, 1.82) is 0 Å². The smallest absolute Gasteiger partial charge is 0.246 e. The van der Waals surface area contributed by atoms with Crippen molar-refractivity contribution in [2.75, 3.05) is 31.1 Å². The molecule has 1 aliphatic heterocycles. The van der Waals surface area contributed by atoms with Crippen LogP contribution in [0.5, 0.6) is 0 Å². The van der Waals surface area contributed by atoms with Crippen LogP contribution in [0.2, 0.25) is 0 Å². The van der Waals surface area contributed by atoms with Crippen LogP contribution in [0.1, 0.15) is 31.3 Å². The number of nitrogens with one attached hydrogen (secondary N) is 1. The predicted octanol–water partition coefficient (Wildman–Crippen LogP) is 1.21. The monoisotopic (exact) mass is 345 g/mol. The molecule has 0 spiro atoms. The first-order valence-corrected chi connectivity index (χ1v) is 8.70. The molecule has 2 rings (SSSR count). The third kappa shape index (κ3) is 5.27. The standard InChI is InChI=1S/C18H27N5O2/c1-5-18(25)22(6-2)12-17(24)21-15-8-7-9-23(11-15)16-10-13(3)19-14(4)20-16/h5,10,15H,1,6-9,11-12H2,2-4H3,(H,21,24). The summed E-state index contributed by atoms with van der Waals surface area (Å²) >= 11 is 0. The van der Waals surface area contributed by atoms with E-state index in [0.29, 0.717) is 13.1 Å². The van der Waals surface area contributed by atoms with Crippen LogP contribution in [-0.4, -0.2) is 58.9 Å². The van der Waals surface area contributed by atoms with Crippen molar-refractivity contribution in [3.05, 3.63) is 30.2 Å². The second-order valence-corrected chi connectivity index (χ2v) is 6.32. The summed E-state index contributed by atoms with van der Waals surface area (Å²) in [6.07, 6.45) is 3.14. The van der Waals surface area contributed by atoms with E-state index >= 15 is 0 Å². The average Bonchev–Trinajstić information content (AvgIpc) is 2.58. The number of amides is 2. The van der Waals surface area contributed by atoms with E-state index in [-0.39, 0.29) is 24.4 Å². The fourth-order valence-corrected chi connectivity index (χ4v) is 3.08.